The molecule has 1 aromatic rings. The second kappa shape index (κ2) is 27.4. The zero-order valence-corrected chi connectivity index (χ0v) is 16.4. The fraction of sp³-hybridized carbons (Fsp3) is 0.0667. The van der Waals surface area contributed by atoms with Gasteiger partial charge in [-0.3, -0.25) is 0 Å². The molecule has 0 saturated heterocycles. The number of allylic oxidation sites excluding steroid dienone is 1. The van der Waals surface area contributed by atoms with Crippen molar-refractivity contribution in [2.45, 2.75) is 6.42 Å². The van der Waals surface area contributed by atoms with Gasteiger partial charge in [-0.15, -0.1) is 0 Å². The highest BCUT2D eigenvalue weighted by molar-refractivity contribution is 5.54. The summed E-state index contributed by atoms with van der Waals surface area (Å²) >= 11 is 0. The molecule has 0 unspecified atom stereocenters. The maximum Gasteiger partial charge on any atom is 0.503 e. The summed E-state index contributed by atoms with van der Waals surface area (Å²) in [6, 6.07) is 8.08. The van der Waals surface area contributed by atoms with Crippen LogP contribution >= 0.6 is 0 Å². The summed E-state index contributed by atoms with van der Waals surface area (Å²) in [6.45, 7) is 0. The zero-order chi connectivity index (χ0) is 28.3. The minimum Gasteiger partial charge on any atom is -0.465 e. The Kier molecular flexibility index (Phi) is 31.3. The van der Waals surface area contributed by atoms with Crippen LogP contribution in [-0.2, 0) is 6.42 Å². The summed E-state index contributed by atoms with van der Waals surface area (Å²) in [6.07, 6.45) is -6.25. The van der Waals surface area contributed by atoms with Gasteiger partial charge in [0.05, 0.1) is 6.26 Å². The molecule has 0 aromatic heterocycles. The Balaban J connectivity index is -0.000000102. The largest absolute Gasteiger partial charge is 0.503 e. The average molecular weight is 504 g/mol. The lowest BCUT2D eigenvalue weighted by Crippen LogP contribution is -1.94. The molecule has 34 heavy (non-hydrogen) atoms. The predicted molar refractivity (Wildman–Crippen MR) is 104 cm³/mol. The molecular weight excluding hydrogens is 484 g/mol. The summed E-state index contributed by atoms with van der Waals surface area (Å²) in [5.41, 5.74) is 1.27. The predicted octanol–water partition coefficient (Wildman–Crippen LogP) is 3.47. The molecule has 0 bridgehead atoms. The van der Waals surface area contributed by atoms with Gasteiger partial charge in [0.1, 0.15) is 5.75 Å². The monoisotopic (exact) mass is 504 g/mol. The van der Waals surface area contributed by atoms with Gasteiger partial charge in [0.15, 0.2) is 0 Å². The molecule has 1 aromatic carbocycles. The minimum absolute atomic E-state index is 0.991. The lowest BCUT2D eigenvalue weighted by molar-refractivity contribution is 0.135. The fourth-order valence-electron chi connectivity index (χ4n) is 1.08. The summed E-state index contributed by atoms with van der Waals surface area (Å²) in [7, 11) is 0. The van der Waals surface area contributed by atoms with E-state index in [1.54, 1.807) is 6.26 Å². The maximum atomic E-state index is 8.56. The molecule has 1 heterocycles. The number of carboxylic acid groups (broad SMARTS) is 12. The first-order valence-corrected chi connectivity index (χ1v) is 7.27. The third-order valence-corrected chi connectivity index (χ3v) is 1.60. The first-order valence-electron chi connectivity index (χ1n) is 7.27. The Hall–Kier alpha value is -5.62. The molecule has 19 heteroatoms. The van der Waals surface area contributed by atoms with Crippen molar-refractivity contribution in [2.75, 3.05) is 0 Å². The number of hydrogen-bond donors (Lipinski definition) is 12. The molecule has 0 radical (unpaired) electrons. The van der Waals surface area contributed by atoms with Crippen molar-refractivity contribution in [3.8, 4) is 5.75 Å². The van der Waals surface area contributed by atoms with E-state index in [0.29, 0.717) is 0 Å². The van der Waals surface area contributed by atoms with E-state index >= 15 is 0 Å². The molecule has 2 rings (SSSR count). The van der Waals surface area contributed by atoms with Crippen molar-refractivity contribution < 1.29 is 94.8 Å². The fourth-order valence-corrected chi connectivity index (χ4v) is 1.08. The Bertz CT molecular complexity index is 625. The topological polar surface area (TPSA) is 354 Å². The summed E-state index contributed by atoms with van der Waals surface area (Å²) in [4.78, 5) is 51.3. The standard InChI is InChI=1S/C9H8O.6CH2O3/c1-2-6-9-8(4-1)5-3-7-10-9;6*2-1(3)4/h1-4,6-7H,5H2;6*(H2,2,3,4). The van der Waals surface area contributed by atoms with Crippen LogP contribution < -0.4 is 4.74 Å². The SMILES string of the molecule is C1=COc2ccccc2C1.O=C(O)O.O=C(O)O.O=C(O)O.O=C(O)O.O=C(O)O.O=C(O)O. The quantitative estimate of drug-likeness (QED) is 0.240. The van der Waals surface area contributed by atoms with Gasteiger partial charge < -0.3 is 66.0 Å². The molecule has 0 saturated carbocycles. The zero-order valence-electron chi connectivity index (χ0n) is 16.4. The van der Waals surface area contributed by atoms with Crippen LogP contribution in [-0.4, -0.2) is 98.2 Å². The molecule has 0 spiro atoms. The number of fused-ring (bicyclic) bond motifs is 1. The second-order valence-electron chi connectivity index (χ2n) is 4.00. The van der Waals surface area contributed by atoms with Crippen LogP contribution in [0.5, 0.6) is 5.75 Å². The van der Waals surface area contributed by atoms with E-state index in [4.69, 9.17) is 94.8 Å². The van der Waals surface area contributed by atoms with E-state index in [1.807, 2.05) is 24.3 Å². The van der Waals surface area contributed by atoms with Crippen LogP contribution in [0.1, 0.15) is 5.56 Å². The van der Waals surface area contributed by atoms with Crippen LogP contribution in [0, 0.1) is 0 Å². The van der Waals surface area contributed by atoms with E-state index in [1.165, 1.54) is 5.56 Å². The van der Waals surface area contributed by atoms with Crippen molar-refractivity contribution >= 4 is 36.9 Å². The summed E-state index contributed by atoms with van der Waals surface area (Å²) in [5, 5.41) is 83.7. The van der Waals surface area contributed by atoms with Gasteiger partial charge in [0.2, 0.25) is 0 Å². The number of rotatable bonds is 0. The first kappa shape index (κ1) is 38.9. The smallest absolute Gasteiger partial charge is 0.465 e. The molecular formula is C15H20O19. The van der Waals surface area contributed by atoms with Crippen LogP contribution in [0.2, 0.25) is 0 Å². The number of carbonyl (C=O) groups is 6. The minimum atomic E-state index is -1.83. The van der Waals surface area contributed by atoms with Crippen LogP contribution in [0.3, 0.4) is 0 Å². The molecule has 12 N–H and O–H groups in total. The third kappa shape index (κ3) is 111. The van der Waals surface area contributed by atoms with Crippen LogP contribution in [0.4, 0.5) is 28.8 Å². The average Bonchev–Trinajstić information content (AvgIpc) is 2.59. The normalized spacial score (nSPS) is 8.35. The first-order chi connectivity index (χ1) is 15.4. The molecule has 0 fully saturated rings. The molecule has 19 nitrogen and oxygen atoms in total. The molecule has 1 aliphatic heterocycles. The van der Waals surface area contributed by atoms with Gasteiger partial charge in [0, 0.05) is 0 Å². The Morgan fingerprint density at radius 1 is 0.529 bits per heavy atom. The molecule has 194 valence electrons. The Morgan fingerprint density at radius 3 is 1.06 bits per heavy atom. The van der Waals surface area contributed by atoms with Gasteiger partial charge >= 0.3 is 36.9 Å². The Labute approximate surface area is 187 Å². The summed E-state index contributed by atoms with van der Waals surface area (Å²) < 4.78 is 5.24. The van der Waals surface area contributed by atoms with Crippen molar-refractivity contribution in [2.24, 2.45) is 0 Å². The van der Waals surface area contributed by atoms with E-state index < -0.39 is 36.9 Å². The lowest BCUT2D eigenvalue weighted by Gasteiger charge is -2.09. The maximum absolute atomic E-state index is 8.56. The van der Waals surface area contributed by atoms with E-state index in [-0.39, 0.29) is 0 Å². The third-order valence-electron chi connectivity index (χ3n) is 1.60. The van der Waals surface area contributed by atoms with Crippen molar-refractivity contribution in [3.63, 3.8) is 0 Å². The van der Waals surface area contributed by atoms with E-state index in [9.17, 15) is 0 Å². The number of hydrogen-bond acceptors (Lipinski definition) is 7. The van der Waals surface area contributed by atoms with E-state index in [0.717, 1.165) is 12.2 Å². The molecule has 0 amide bonds. The second-order valence-corrected chi connectivity index (χ2v) is 4.00. The van der Waals surface area contributed by atoms with Gasteiger partial charge in [-0.05, 0) is 24.1 Å². The van der Waals surface area contributed by atoms with Gasteiger partial charge in [0.25, 0.3) is 0 Å². The Morgan fingerprint density at radius 2 is 0.794 bits per heavy atom. The molecule has 1 aliphatic rings. The van der Waals surface area contributed by atoms with E-state index in [2.05, 4.69) is 6.07 Å². The van der Waals surface area contributed by atoms with Crippen LogP contribution in [0.15, 0.2) is 36.6 Å². The lowest BCUT2D eigenvalue weighted by atomic mass is 10.1. The van der Waals surface area contributed by atoms with Gasteiger partial charge in [-0.25, -0.2) is 28.8 Å². The van der Waals surface area contributed by atoms with Crippen molar-refractivity contribution in [1.82, 2.24) is 0 Å². The summed E-state index contributed by atoms with van der Waals surface area (Å²) in [5.74, 6) is 0.991. The molecule has 0 atom stereocenters. The molecule has 0 aliphatic carbocycles. The van der Waals surface area contributed by atoms with Crippen molar-refractivity contribution in [3.05, 3.63) is 42.2 Å². The highest BCUT2D eigenvalue weighted by atomic mass is 16.6. The number of para-hydroxylation sites is 1. The number of benzene rings is 1. The number of ether oxygens (including phenoxy) is 1. The highest BCUT2D eigenvalue weighted by Crippen LogP contribution is 2.21. The van der Waals surface area contributed by atoms with Gasteiger partial charge in [-0.2, -0.15) is 0 Å². The van der Waals surface area contributed by atoms with Crippen molar-refractivity contribution in [1.29, 1.82) is 0 Å². The van der Waals surface area contributed by atoms with Crippen LogP contribution in [0.25, 0.3) is 0 Å². The highest BCUT2D eigenvalue weighted by Gasteiger charge is 2.02. The van der Waals surface area contributed by atoms with Gasteiger partial charge in [-0.1, -0.05) is 18.2 Å².